The quantitative estimate of drug-likeness (QED) is 0.266. The lowest BCUT2D eigenvalue weighted by Crippen LogP contribution is -1.87. The molecular weight excluding hydrogens is 150 g/mol. The zero-order valence-electron chi connectivity index (χ0n) is 5.67. The Morgan fingerprint density at radius 1 is 1.70 bits per heavy atom. The normalized spacial score (nSPS) is 12.0. The van der Waals surface area contributed by atoms with E-state index in [2.05, 4.69) is 11.7 Å². The molecule has 2 nitrogen and oxygen atoms in total. The number of carbonyl (C=O) groups excluding carboxylic acids is 1. The molecule has 0 heterocycles. The summed E-state index contributed by atoms with van der Waals surface area (Å²) in [5.74, 6) is 0. The van der Waals surface area contributed by atoms with Crippen LogP contribution in [0.1, 0.15) is 6.92 Å². The van der Waals surface area contributed by atoms with E-state index in [1.54, 1.807) is 13.0 Å². The van der Waals surface area contributed by atoms with Gasteiger partial charge in [-0.3, -0.25) is 9.79 Å². The Morgan fingerprint density at radius 3 is 2.60 bits per heavy atom. The van der Waals surface area contributed by atoms with E-state index in [0.29, 0.717) is 5.57 Å². The molecule has 10 heavy (non-hydrogen) atoms. The standard InChI is InChI=1S/C7H8ClNO/c1-3-6(7(8)10)4-5-9-2/h3-5H,2H2,1H3. The maximum atomic E-state index is 10.5. The monoisotopic (exact) mass is 157 g/mol. The second-order valence-corrected chi connectivity index (χ2v) is 1.86. The fourth-order valence-electron chi connectivity index (χ4n) is 0.408. The summed E-state index contributed by atoms with van der Waals surface area (Å²) >= 11 is 5.16. The summed E-state index contributed by atoms with van der Waals surface area (Å²) in [6.45, 7) is 4.93. The number of hydrogen-bond donors (Lipinski definition) is 0. The molecule has 0 aliphatic rings. The van der Waals surface area contributed by atoms with E-state index in [9.17, 15) is 4.79 Å². The van der Waals surface area contributed by atoms with Gasteiger partial charge in [0.2, 0.25) is 0 Å². The summed E-state index contributed by atoms with van der Waals surface area (Å²) in [5, 5.41) is -0.484. The summed E-state index contributed by atoms with van der Waals surface area (Å²) < 4.78 is 0. The molecule has 0 atom stereocenters. The highest BCUT2D eigenvalue weighted by Crippen LogP contribution is 2.01. The topological polar surface area (TPSA) is 29.4 Å². The number of carbonyl (C=O) groups is 1. The van der Waals surface area contributed by atoms with Gasteiger partial charge in [-0.1, -0.05) is 6.08 Å². The van der Waals surface area contributed by atoms with Crippen molar-refractivity contribution >= 4 is 23.6 Å². The van der Waals surface area contributed by atoms with Crippen molar-refractivity contribution in [3.05, 3.63) is 23.9 Å². The second kappa shape index (κ2) is 4.94. The Labute approximate surface area is 64.9 Å². The highest BCUT2D eigenvalue weighted by Gasteiger charge is 1.97. The van der Waals surface area contributed by atoms with E-state index in [4.69, 9.17) is 11.6 Å². The van der Waals surface area contributed by atoms with Crippen LogP contribution in [-0.2, 0) is 4.79 Å². The molecule has 0 saturated heterocycles. The number of aliphatic imine (C=N–C) groups is 1. The van der Waals surface area contributed by atoms with Crippen LogP contribution in [0.5, 0.6) is 0 Å². The first-order chi connectivity index (χ1) is 4.72. The van der Waals surface area contributed by atoms with Crippen LogP contribution < -0.4 is 0 Å². The largest absolute Gasteiger partial charge is 0.276 e. The molecule has 0 aromatic carbocycles. The minimum atomic E-state index is -0.484. The zero-order valence-corrected chi connectivity index (χ0v) is 6.43. The van der Waals surface area contributed by atoms with Crippen LogP contribution in [-0.4, -0.2) is 12.0 Å². The van der Waals surface area contributed by atoms with E-state index in [0.717, 1.165) is 0 Å². The maximum absolute atomic E-state index is 10.5. The van der Waals surface area contributed by atoms with Crippen LogP contribution in [0, 0.1) is 0 Å². The average Bonchev–Trinajstić information content (AvgIpc) is 1.89. The third kappa shape index (κ3) is 3.20. The predicted molar refractivity (Wildman–Crippen MR) is 43.3 cm³/mol. The molecule has 0 saturated carbocycles. The van der Waals surface area contributed by atoms with Gasteiger partial charge in [-0.05, 0) is 31.3 Å². The van der Waals surface area contributed by atoms with E-state index < -0.39 is 5.24 Å². The van der Waals surface area contributed by atoms with Crippen LogP contribution >= 0.6 is 11.6 Å². The van der Waals surface area contributed by atoms with Gasteiger partial charge in [-0.2, -0.15) is 0 Å². The van der Waals surface area contributed by atoms with Crippen LogP contribution in [0.25, 0.3) is 0 Å². The van der Waals surface area contributed by atoms with Crippen molar-refractivity contribution in [1.82, 2.24) is 0 Å². The molecule has 3 heteroatoms. The highest BCUT2D eigenvalue weighted by atomic mass is 35.5. The second-order valence-electron chi connectivity index (χ2n) is 1.52. The van der Waals surface area contributed by atoms with Gasteiger partial charge >= 0.3 is 0 Å². The summed E-state index contributed by atoms with van der Waals surface area (Å²) in [6.07, 6.45) is 4.52. The molecule has 54 valence electrons. The fraction of sp³-hybridized carbons (Fsp3) is 0.143. The third-order valence-corrected chi connectivity index (χ3v) is 1.12. The lowest BCUT2D eigenvalue weighted by molar-refractivity contribution is -0.108. The molecule has 0 unspecified atom stereocenters. The molecule has 0 bridgehead atoms. The molecule has 0 fully saturated rings. The molecule has 0 aromatic rings. The van der Waals surface area contributed by atoms with E-state index >= 15 is 0 Å². The number of rotatable bonds is 3. The Balaban J connectivity index is 4.25. The van der Waals surface area contributed by atoms with E-state index in [1.807, 2.05) is 0 Å². The lowest BCUT2D eigenvalue weighted by Gasteiger charge is -1.87. The van der Waals surface area contributed by atoms with Gasteiger partial charge in [0.25, 0.3) is 5.24 Å². The van der Waals surface area contributed by atoms with Crippen LogP contribution in [0.3, 0.4) is 0 Å². The Morgan fingerprint density at radius 2 is 2.30 bits per heavy atom. The van der Waals surface area contributed by atoms with Crippen LogP contribution in [0.2, 0.25) is 0 Å². The van der Waals surface area contributed by atoms with Gasteiger partial charge in [0, 0.05) is 11.8 Å². The lowest BCUT2D eigenvalue weighted by atomic mass is 10.3. The molecule has 0 amide bonds. The van der Waals surface area contributed by atoms with Crippen molar-refractivity contribution in [1.29, 1.82) is 0 Å². The van der Waals surface area contributed by atoms with E-state index in [1.165, 1.54) is 12.3 Å². The summed E-state index contributed by atoms with van der Waals surface area (Å²) in [4.78, 5) is 13.9. The van der Waals surface area contributed by atoms with E-state index in [-0.39, 0.29) is 0 Å². The van der Waals surface area contributed by atoms with Crippen molar-refractivity contribution in [2.45, 2.75) is 6.92 Å². The summed E-state index contributed by atoms with van der Waals surface area (Å²) in [7, 11) is 0. The molecule has 0 N–H and O–H groups in total. The maximum Gasteiger partial charge on any atom is 0.252 e. The Hall–Kier alpha value is -0.890. The predicted octanol–water partition coefficient (Wildman–Crippen LogP) is 1.91. The van der Waals surface area contributed by atoms with Crippen molar-refractivity contribution in [2.24, 2.45) is 4.99 Å². The molecule has 0 rings (SSSR count). The molecule has 0 aliphatic carbocycles. The average molecular weight is 158 g/mol. The Bertz CT molecular complexity index is 194. The van der Waals surface area contributed by atoms with Gasteiger partial charge in [0.05, 0.1) is 0 Å². The van der Waals surface area contributed by atoms with Gasteiger partial charge in [-0.15, -0.1) is 0 Å². The molecule has 0 radical (unpaired) electrons. The first-order valence-electron chi connectivity index (χ1n) is 2.71. The van der Waals surface area contributed by atoms with Crippen molar-refractivity contribution in [3.8, 4) is 0 Å². The van der Waals surface area contributed by atoms with Crippen LogP contribution in [0.15, 0.2) is 28.9 Å². The molecular formula is C7H8ClNO. The number of halogens is 1. The summed E-state index contributed by atoms with van der Waals surface area (Å²) in [6, 6.07) is 0. The number of hydrogen-bond acceptors (Lipinski definition) is 2. The molecule has 0 aromatic heterocycles. The summed E-state index contributed by atoms with van der Waals surface area (Å²) in [5.41, 5.74) is 0.425. The van der Waals surface area contributed by atoms with Gasteiger partial charge in [0.1, 0.15) is 0 Å². The highest BCUT2D eigenvalue weighted by molar-refractivity contribution is 6.68. The number of nitrogens with zero attached hydrogens (tertiary/aromatic N) is 1. The number of allylic oxidation sites excluding steroid dienone is 3. The minimum absolute atomic E-state index is 0.425. The van der Waals surface area contributed by atoms with Gasteiger partial charge in [0.15, 0.2) is 0 Å². The zero-order chi connectivity index (χ0) is 7.98. The molecule has 0 aliphatic heterocycles. The smallest absolute Gasteiger partial charge is 0.252 e. The fourth-order valence-corrected chi connectivity index (χ4v) is 0.580. The third-order valence-electron chi connectivity index (χ3n) is 0.897. The SMILES string of the molecule is C=NC=CC(=CC)C(=O)Cl. The van der Waals surface area contributed by atoms with Crippen molar-refractivity contribution < 1.29 is 4.79 Å². The van der Waals surface area contributed by atoms with Crippen molar-refractivity contribution in [2.75, 3.05) is 0 Å². The van der Waals surface area contributed by atoms with Gasteiger partial charge in [-0.25, -0.2) is 0 Å². The first kappa shape index (κ1) is 9.11. The molecule has 0 spiro atoms. The van der Waals surface area contributed by atoms with Crippen molar-refractivity contribution in [3.63, 3.8) is 0 Å². The van der Waals surface area contributed by atoms with Crippen LogP contribution in [0.4, 0.5) is 0 Å². The van der Waals surface area contributed by atoms with Gasteiger partial charge < -0.3 is 0 Å². The first-order valence-corrected chi connectivity index (χ1v) is 3.08. The minimum Gasteiger partial charge on any atom is -0.276 e. The Kier molecular flexibility index (Phi) is 4.50.